The highest BCUT2D eigenvalue weighted by Crippen LogP contribution is 2.50. The molecule has 150 valence electrons. The van der Waals surface area contributed by atoms with Crippen LogP contribution in [0.5, 0.6) is 0 Å². The van der Waals surface area contributed by atoms with Crippen LogP contribution < -0.4 is 0 Å². The van der Waals surface area contributed by atoms with Crippen molar-refractivity contribution in [3.05, 3.63) is 12.2 Å². The number of carbonyl (C=O) groups is 2. The number of allylic oxidation sites excluding steroid dienone is 2. The van der Waals surface area contributed by atoms with Crippen LogP contribution in [0.1, 0.15) is 72.1 Å². The fourth-order valence-electron chi connectivity index (χ4n) is 6.14. The Labute approximate surface area is 163 Å². The van der Waals surface area contributed by atoms with Gasteiger partial charge in [-0.25, -0.2) is 0 Å². The molecule has 3 fully saturated rings. The van der Waals surface area contributed by atoms with Gasteiger partial charge in [-0.15, -0.1) is 0 Å². The van der Waals surface area contributed by atoms with Crippen LogP contribution in [0.15, 0.2) is 12.2 Å². The summed E-state index contributed by atoms with van der Waals surface area (Å²) in [7, 11) is 0. The number of esters is 2. The normalized spacial score (nSPS) is 37.6. The van der Waals surface area contributed by atoms with E-state index in [0.717, 1.165) is 24.7 Å². The Morgan fingerprint density at radius 1 is 1.04 bits per heavy atom. The molecule has 4 aliphatic rings. The lowest BCUT2D eigenvalue weighted by Gasteiger charge is -2.30. The highest BCUT2D eigenvalue weighted by atomic mass is 16.6. The first-order valence-electron chi connectivity index (χ1n) is 10.9. The van der Waals surface area contributed by atoms with Crippen LogP contribution in [-0.2, 0) is 19.1 Å². The molecule has 4 rings (SSSR count). The standard InChI is InChI=1S/C23H34O4/c1-23(2,3)27-22(25)13-20(19-11-15-5-7-17(19)9-15)26-21(24)12-18-10-14-4-6-16(18)8-14/h5,7,14-20H,4,6,8-13H2,1-3H3. The Balaban J connectivity index is 1.37. The molecule has 4 bridgehead atoms. The van der Waals surface area contributed by atoms with Crippen molar-refractivity contribution >= 4 is 11.9 Å². The van der Waals surface area contributed by atoms with Crippen molar-refractivity contribution in [3.8, 4) is 0 Å². The number of fused-ring (bicyclic) bond motifs is 4. The molecule has 4 nitrogen and oxygen atoms in total. The maximum absolute atomic E-state index is 12.7. The van der Waals surface area contributed by atoms with Crippen LogP contribution in [-0.4, -0.2) is 23.6 Å². The zero-order valence-corrected chi connectivity index (χ0v) is 17.0. The quantitative estimate of drug-likeness (QED) is 0.501. The number of carbonyl (C=O) groups excluding carboxylic acids is 2. The van der Waals surface area contributed by atoms with E-state index in [9.17, 15) is 9.59 Å². The molecule has 7 atom stereocenters. The SMILES string of the molecule is CC(C)(C)OC(=O)CC(OC(=O)CC1CC2CCC1C2)C1CC2C=CC1C2. The zero-order chi connectivity index (χ0) is 19.2. The van der Waals surface area contributed by atoms with Gasteiger partial charge in [0.15, 0.2) is 0 Å². The topological polar surface area (TPSA) is 52.6 Å². The molecule has 0 radical (unpaired) electrons. The molecule has 0 aromatic heterocycles. The van der Waals surface area contributed by atoms with E-state index in [4.69, 9.17) is 9.47 Å². The Bertz CT molecular complexity index is 616. The first-order valence-corrected chi connectivity index (χ1v) is 10.9. The van der Waals surface area contributed by atoms with Crippen molar-refractivity contribution < 1.29 is 19.1 Å². The van der Waals surface area contributed by atoms with Gasteiger partial charge < -0.3 is 9.47 Å². The number of hydrogen-bond acceptors (Lipinski definition) is 4. The summed E-state index contributed by atoms with van der Waals surface area (Å²) in [4.78, 5) is 25.2. The Morgan fingerprint density at radius 3 is 2.41 bits per heavy atom. The molecule has 0 aromatic carbocycles. The van der Waals surface area contributed by atoms with Gasteiger partial charge in [0, 0.05) is 12.3 Å². The van der Waals surface area contributed by atoms with Gasteiger partial charge in [0.1, 0.15) is 11.7 Å². The van der Waals surface area contributed by atoms with Crippen molar-refractivity contribution in [3.63, 3.8) is 0 Å². The maximum atomic E-state index is 12.7. The third kappa shape index (κ3) is 4.41. The molecular weight excluding hydrogens is 340 g/mol. The fourth-order valence-corrected chi connectivity index (χ4v) is 6.14. The fraction of sp³-hybridized carbons (Fsp3) is 0.826. The van der Waals surface area contributed by atoms with Gasteiger partial charge in [-0.2, -0.15) is 0 Å². The highest BCUT2D eigenvalue weighted by Gasteiger charge is 2.44. The van der Waals surface area contributed by atoms with E-state index in [-0.39, 0.29) is 30.4 Å². The van der Waals surface area contributed by atoms with Crippen LogP contribution in [0.2, 0.25) is 0 Å². The van der Waals surface area contributed by atoms with E-state index in [1.165, 1.54) is 25.7 Å². The molecule has 0 heterocycles. The monoisotopic (exact) mass is 374 g/mol. The molecule has 3 saturated carbocycles. The van der Waals surface area contributed by atoms with Crippen molar-refractivity contribution in [1.82, 2.24) is 0 Å². The van der Waals surface area contributed by atoms with Gasteiger partial charge in [0.05, 0.1) is 6.42 Å². The molecule has 0 amide bonds. The van der Waals surface area contributed by atoms with Crippen molar-refractivity contribution in [2.75, 3.05) is 0 Å². The summed E-state index contributed by atoms with van der Waals surface area (Å²) in [6.45, 7) is 5.63. The van der Waals surface area contributed by atoms with Gasteiger partial charge in [0.25, 0.3) is 0 Å². The van der Waals surface area contributed by atoms with Crippen molar-refractivity contribution in [2.45, 2.75) is 83.8 Å². The van der Waals surface area contributed by atoms with Crippen LogP contribution in [0.25, 0.3) is 0 Å². The first-order chi connectivity index (χ1) is 12.8. The summed E-state index contributed by atoms with van der Waals surface area (Å²) in [6, 6.07) is 0. The maximum Gasteiger partial charge on any atom is 0.310 e. The van der Waals surface area contributed by atoms with E-state index >= 15 is 0 Å². The molecule has 0 spiro atoms. The van der Waals surface area contributed by atoms with E-state index in [2.05, 4.69) is 12.2 Å². The molecule has 0 saturated heterocycles. The predicted octanol–water partition coefficient (Wildman–Crippen LogP) is 4.67. The third-order valence-corrected chi connectivity index (χ3v) is 7.19. The van der Waals surface area contributed by atoms with Gasteiger partial charge in [-0.1, -0.05) is 18.6 Å². The van der Waals surface area contributed by atoms with E-state index in [0.29, 0.717) is 24.2 Å². The molecule has 0 aromatic rings. The second-order valence-electron chi connectivity index (χ2n) is 10.4. The Kier molecular flexibility index (Phi) is 5.11. The summed E-state index contributed by atoms with van der Waals surface area (Å²) >= 11 is 0. The average Bonchev–Trinajstić information content (AvgIpc) is 3.33. The lowest BCUT2D eigenvalue weighted by molar-refractivity contribution is -0.165. The largest absolute Gasteiger partial charge is 0.461 e. The smallest absolute Gasteiger partial charge is 0.310 e. The van der Waals surface area contributed by atoms with Crippen LogP contribution in [0.3, 0.4) is 0 Å². The molecule has 4 heteroatoms. The summed E-state index contributed by atoms with van der Waals surface area (Å²) in [5, 5.41) is 0. The predicted molar refractivity (Wildman–Crippen MR) is 103 cm³/mol. The lowest BCUT2D eigenvalue weighted by Crippen LogP contribution is -2.35. The van der Waals surface area contributed by atoms with E-state index in [1.54, 1.807) is 0 Å². The zero-order valence-electron chi connectivity index (χ0n) is 17.0. The van der Waals surface area contributed by atoms with Crippen molar-refractivity contribution in [2.24, 2.45) is 35.5 Å². The molecule has 4 aliphatic carbocycles. The Morgan fingerprint density at radius 2 is 1.85 bits per heavy atom. The minimum absolute atomic E-state index is 0.104. The van der Waals surface area contributed by atoms with Crippen LogP contribution in [0, 0.1) is 35.5 Å². The van der Waals surface area contributed by atoms with Gasteiger partial charge in [-0.3, -0.25) is 9.59 Å². The minimum Gasteiger partial charge on any atom is -0.461 e. The third-order valence-electron chi connectivity index (χ3n) is 7.19. The summed E-state index contributed by atoms with van der Waals surface area (Å²) in [5.41, 5.74) is -0.511. The second kappa shape index (κ2) is 7.25. The van der Waals surface area contributed by atoms with E-state index < -0.39 is 5.60 Å². The van der Waals surface area contributed by atoms with Gasteiger partial charge >= 0.3 is 11.9 Å². The first kappa shape index (κ1) is 19.0. The number of ether oxygens (including phenoxy) is 2. The molecule has 0 aliphatic heterocycles. The Hall–Kier alpha value is -1.32. The summed E-state index contributed by atoms with van der Waals surface area (Å²) in [5.74, 6) is 2.98. The highest BCUT2D eigenvalue weighted by molar-refractivity contribution is 5.73. The molecule has 27 heavy (non-hydrogen) atoms. The summed E-state index contributed by atoms with van der Waals surface area (Å²) in [6.07, 6.45) is 12.2. The second-order valence-corrected chi connectivity index (χ2v) is 10.4. The molecular formula is C23H34O4. The average molecular weight is 375 g/mol. The lowest BCUT2D eigenvalue weighted by atomic mass is 9.85. The van der Waals surface area contributed by atoms with Crippen LogP contribution in [0.4, 0.5) is 0 Å². The van der Waals surface area contributed by atoms with E-state index in [1.807, 2.05) is 20.8 Å². The van der Waals surface area contributed by atoms with Gasteiger partial charge in [0.2, 0.25) is 0 Å². The molecule has 0 N–H and O–H groups in total. The number of hydrogen-bond donors (Lipinski definition) is 0. The van der Waals surface area contributed by atoms with Crippen LogP contribution >= 0.6 is 0 Å². The number of rotatable bonds is 6. The van der Waals surface area contributed by atoms with Crippen molar-refractivity contribution in [1.29, 1.82) is 0 Å². The van der Waals surface area contributed by atoms with Gasteiger partial charge in [-0.05, 0) is 82.5 Å². The minimum atomic E-state index is -0.511. The molecule has 7 unspecified atom stereocenters. The summed E-state index contributed by atoms with van der Waals surface area (Å²) < 4.78 is 11.5.